The summed E-state index contributed by atoms with van der Waals surface area (Å²) in [6, 6.07) is 0.224. The molecule has 0 aromatic carbocycles. The maximum absolute atomic E-state index is 11.7. The number of unbranched alkanes of at least 4 members (excludes halogenated alkanes) is 3. The third kappa shape index (κ3) is 7.05. The number of H-pyrrole nitrogens is 1. The van der Waals surface area contributed by atoms with E-state index in [-0.39, 0.29) is 17.9 Å². The summed E-state index contributed by atoms with van der Waals surface area (Å²) < 4.78 is 0. The van der Waals surface area contributed by atoms with Gasteiger partial charge in [-0.1, -0.05) is 44.4 Å². The molecule has 1 aromatic heterocycles. The van der Waals surface area contributed by atoms with Crippen molar-refractivity contribution in [1.29, 1.82) is 0 Å². The lowest BCUT2D eigenvalue weighted by atomic mass is 10.1. The van der Waals surface area contributed by atoms with Gasteiger partial charge in [0.1, 0.15) is 0 Å². The van der Waals surface area contributed by atoms with Gasteiger partial charge in [0.05, 0.1) is 5.75 Å². The fourth-order valence-corrected chi connectivity index (χ4v) is 2.34. The lowest BCUT2D eigenvalue weighted by Gasteiger charge is -2.13. The van der Waals surface area contributed by atoms with Crippen LogP contribution in [0.3, 0.4) is 0 Å². The molecule has 0 fully saturated rings. The maximum atomic E-state index is 11.7. The summed E-state index contributed by atoms with van der Waals surface area (Å²) in [6.45, 7) is 4.23. The van der Waals surface area contributed by atoms with E-state index in [1.165, 1.54) is 37.4 Å². The Morgan fingerprint density at radius 2 is 2.26 bits per heavy atom. The summed E-state index contributed by atoms with van der Waals surface area (Å²) >= 11 is 1.28. The number of nitrogens with one attached hydrogen (secondary N) is 2. The van der Waals surface area contributed by atoms with Crippen LogP contribution in [0.15, 0.2) is 5.16 Å². The molecule has 0 bridgehead atoms. The van der Waals surface area contributed by atoms with Crippen LogP contribution in [0.2, 0.25) is 0 Å². The van der Waals surface area contributed by atoms with Gasteiger partial charge < -0.3 is 11.1 Å². The van der Waals surface area contributed by atoms with Gasteiger partial charge in [-0.25, -0.2) is 5.10 Å². The highest BCUT2D eigenvalue weighted by atomic mass is 32.2. The number of hydrogen-bond donors (Lipinski definition) is 3. The lowest BCUT2D eigenvalue weighted by Crippen LogP contribution is -2.33. The van der Waals surface area contributed by atoms with Crippen molar-refractivity contribution < 1.29 is 4.79 Å². The van der Waals surface area contributed by atoms with Crippen LogP contribution < -0.4 is 11.1 Å². The van der Waals surface area contributed by atoms with Gasteiger partial charge in [0.25, 0.3) is 0 Å². The number of carbonyl (C=O) groups excluding carboxylic acids is 1. The van der Waals surface area contributed by atoms with Gasteiger partial charge in [0.2, 0.25) is 17.0 Å². The van der Waals surface area contributed by atoms with E-state index in [2.05, 4.69) is 27.4 Å². The normalized spacial score (nSPS) is 12.3. The van der Waals surface area contributed by atoms with E-state index < -0.39 is 0 Å². The SMILES string of the molecule is CCCCCC[C@@H](C)NC(=O)CSc1n[nH]c(N)n1. The monoisotopic (exact) mass is 285 g/mol. The zero-order valence-corrected chi connectivity index (χ0v) is 12.4. The van der Waals surface area contributed by atoms with Crippen LogP contribution in [0.1, 0.15) is 46.0 Å². The van der Waals surface area contributed by atoms with Gasteiger partial charge in [-0.2, -0.15) is 4.98 Å². The Kier molecular flexibility index (Phi) is 7.32. The predicted molar refractivity (Wildman–Crippen MR) is 77.9 cm³/mol. The third-order valence-corrected chi connectivity index (χ3v) is 3.56. The molecule has 1 amide bonds. The quantitative estimate of drug-likeness (QED) is 0.476. The first-order valence-corrected chi connectivity index (χ1v) is 7.70. The fraction of sp³-hybridized carbons (Fsp3) is 0.750. The maximum Gasteiger partial charge on any atom is 0.230 e. The van der Waals surface area contributed by atoms with Crippen molar-refractivity contribution in [3.05, 3.63) is 0 Å². The van der Waals surface area contributed by atoms with Gasteiger partial charge in [0.15, 0.2) is 0 Å². The number of nitrogen functional groups attached to an aromatic ring is 1. The highest BCUT2D eigenvalue weighted by Gasteiger charge is 2.09. The minimum Gasteiger partial charge on any atom is -0.368 e. The summed E-state index contributed by atoms with van der Waals surface area (Å²) in [5.74, 6) is 0.597. The zero-order valence-electron chi connectivity index (χ0n) is 11.6. The van der Waals surface area contributed by atoms with Crippen LogP contribution in [-0.2, 0) is 4.79 Å². The van der Waals surface area contributed by atoms with Crippen LogP contribution in [0.5, 0.6) is 0 Å². The first-order chi connectivity index (χ1) is 9.11. The van der Waals surface area contributed by atoms with Gasteiger partial charge in [-0.3, -0.25) is 4.79 Å². The van der Waals surface area contributed by atoms with Crippen LogP contribution in [0, 0.1) is 0 Å². The Hall–Kier alpha value is -1.24. The van der Waals surface area contributed by atoms with Crippen LogP contribution >= 0.6 is 11.8 Å². The molecule has 0 aliphatic carbocycles. The number of nitrogens with zero attached hydrogens (tertiary/aromatic N) is 2. The molecule has 0 spiro atoms. The molecule has 0 unspecified atom stereocenters. The van der Waals surface area contributed by atoms with Gasteiger partial charge in [-0.15, -0.1) is 5.10 Å². The lowest BCUT2D eigenvalue weighted by molar-refractivity contribution is -0.119. The average Bonchev–Trinajstić information content (AvgIpc) is 2.78. The molecule has 0 aliphatic heterocycles. The van der Waals surface area contributed by atoms with Crippen molar-refractivity contribution in [3.8, 4) is 0 Å². The minimum absolute atomic E-state index is 0.0105. The number of thioether (sulfide) groups is 1. The number of hydrogen-bond acceptors (Lipinski definition) is 5. The summed E-state index contributed by atoms with van der Waals surface area (Å²) in [5.41, 5.74) is 5.40. The van der Waals surface area contributed by atoms with Crippen molar-refractivity contribution in [2.24, 2.45) is 0 Å². The Bertz CT molecular complexity index is 382. The molecule has 108 valence electrons. The Labute approximate surface area is 118 Å². The van der Waals surface area contributed by atoms with E-state index in [0.717, 1.165) is 6.42 Å². The number of carbonyl (C=O) groups is 1. The molecule has 1 aromatic rings. The Balaban J connectivity index is 2.12. The largest absolute Gasteiger partial charge is 0.368 e. The standard InChI is InChI=1S/C12H23N5OS/c1-3-4-5-6-7-9(2)14-10(18)8-19-12-15-11(13)16-17-12/h9H,3-8H2,1-2H3,(H,14,18)(H3,13,15,16,17)/t9-/m1/s1. The van der Waals surface area contributed by atoms with E-state index >= 15 is 0 Å². The fourth-order valence-electron chi connectivity index (χ4n) is 1.72. The molecule has 0 saturated carbocycles. The number of amides is 1. The third-order valence-electron chi connectivity index (χ3n) is 2.71. The van der Waals surface area contributed by atoms with Crippen LogP contribution in [0.4, 0.5) is 5.95 Å². The van der Waals surface area contributed by atoms with Gasteiger partial charge in [-0.05, 0) is 13.3 Å². The van der Waals surface area contributed by atoms with E-state index in [1.807, 2.05) is 6.92 Å². The van der Waals surface area contributed by atoms with Crippen LogP contribution in [0.25, 0.3) is 0 Å². The van der Waals surface area contributed by atoms with E-state index in [1.54, 1.807) is 0 Å². The molecule has 1 heterocycles. The van der Waals surface area contributed by atoms with E-state index in [9.17, 15) is 4.79 Å². The van der Waals surface area contributed by atoms with Crippen LogP contribution in [-0.4, -0.2) is 32.9 Å². The van der Waals surface area contributed by atoms with E-state index in [4.69, 9.17) is 5.73 Å². The zero-order chi connectivity index (χ0) is 14.1. The molecule has 1 rings (SSSR count). The average molecular weight is 285 g/mol. The molecule has 0 aliphatic rings. The molecule has 1 atom stereocenters. The van der Waals surface area contributed by atoms with Crippen molar-refractivity contribution in [2.45, 2.75) is 57.1 Å². The first-order valence-electron chi connectivity index (χ1n) is 6.71. The highest BCUT2D eigenvalue weighted by molar-refractivity contribution is 7.99. The van der Waals surface area contributed by atoms with Gasteiger partial charge >= 0.3 is 0 Å². The van der Waals surface area contributed by atoms with Crippen molar-refractivity contribution in [2.75, 3.05) is 11.5 Å². The Morgan fingerprint density at radius 1 is 1.47 bits per heavy atom. The Morgan fingerprint density at radius 3 is 2.89 bits per heavy atom. The second-order valence-corrected chi connectivity index (χ2v) is 5.55. The van der Waals surface area contributed by atoms with Crippen molar-refractivity contribution in [3.63, 3.8) is 0 Å². The molecule has 0 radical (unpaired) electrons. The first kappa shape index (κ1) is 15.8. The summed E-state index contributed by atoms with van der Waals surface area (Å²) in [7, 11) is 0. The molecule has 6 nitrogen and oxygen atoms in total. The van der Waals surface area contributed by atoms with Crippen molar-refractivity contribution in [1.82, 2.24) is 20.5 Å². The summed E-state index contributed by atoms with van der Waals surface area (Å²) in [6.07, 6.45) is 5.94. The number of nitrogens with two attached hydrogens (primary N) is 1. The van der Waals surface area contributed by atoms with Gasteiger partial charge in [0, 0.05) is 6.04 Å². The molecule has 7 heteroatoms. The summed E-state index contributed by atoms with van der Waals surface area (Å²) in [4.78, 5) is 15.6. The minimum atomic E-state index is 0.0105. The number of aromatic nitrogens is 3. The smallest absolute Gasteiger partial charge is 0.230 e. The van der Waals surface area contributed by atoms with Crippen molar-refractivity contribution >= 4 is 23.6 Å². The van der Waals surface area contributed by atoms with E-state index in [0.29, 0.717) is 10.9 Å². The number of aromatic amines is 1. The molecule has 4 N–H and O–H groups in total. The topological polar surface area (TPSA) is 96.7 Å². The summed E-state index contributed by atoms with van der Waals surface area (Å²) in [5, 5.41) is 9.88. The molecule has 19 heavy (non-hydrogen) atoms. The molecular weight excluding hydrogens is 262 g/mol. The molecule has 0 saturated heterocycles. The predicted octanol–water partition coefficient (Wildman–Crippen LogP) is 1.95. The second kappa shape index (κ2) is 8.79. The molecular formula is C12H23N5OS. The number of anilines is 1. The highest BCUT2D eigenvalue weighted by Crippen LogP contribution is 2.12. The second-order valence-electron chi connectivity index (χ2n) is 4.61. The number of rotatable bonds is 9.